The zero-order chi connectivity index (χ0) is 30.1. The predicted octanol–water partition coefficient (Wildman–Crippen LogP) is 4.07. The number of likely N-dealkylation sites (tertiary alicyclic amines) is 1. The molecule has 0 saturated carbocycles. The Morgan fingerprint density at radius 1 is 1.10 bits per heavy atom. The van der Waals surface area contributed by atoms with Gasteiger partial charge in [-0.05, 0) is 62.4 Å². The van der Waals surface area contributed by atoms with E-state index in [1.807, 2.05) is 51.1 Å². The van der Waals surface area contributed by atoms with E-state index in [1.165, 1.54) is 4.90 Å². The molecule has 3 heterocycles. The van der Waals surface area contributed by atoms with E-state index in [2.05, 4.69) is 17.6 Å². The Morgan fingerprint density at radius 2 is 1.81 bits per heavy atom. The van der Waals surface area contributed by atoms with Crippen LogP contribution >= 0.6 is 0 Å². The molecule has 0 aromatic heterocycles. The number of anilines is 1. The highest BCUT2D eigenvalue weighted by molar-refractivity contribution is 6.02. The Morgan fingerprint density at radius 3 is 2.45 bits per heavy atom. The summed E-state index contributed by atoms with van der Waals surface area (Å²) in [5.74, 6) is -2.05. The normalized spacial score (nSPS) is 30.2. The smallest absolute Gasteiger partial charge is 0.245 e. The fraction of sp³-hybridized carbons (Fsp3) is 0.545. The first-order valence-electron chi connectivity index (χ1n) is 15.2. The van der Waals surface area contributed by atoms with Gasteiger partial charge in [0, 0.05) is 12.2 Å². The molecule has 3 unspecified atom stereocenters. The van der Waals surface area contributed by atoms with E-state index in [0.29, 0.717) is 31.0 Å². The molecule has 2 bridgehead atoms. The molecule has 0 aliphatic carbocycles. The number of benzene rings is 2. The molecule has 0 radical (unpaired) electrons. The van der Waals surface area contributed by atoms with Gasteiger partial charge in [-0.3, -0.25) is 14.4 Å². The topological polar surface area (TPSA) is 117 Å². The Kier molecular flexibility index (Phi) is 8.62. The van der Waals surface area contributed by atoms with Gasteiger partial charge in [0.05, 0.1) is 36.7 Å². The highest BCUT2D eigenvalue weighted by Gasteiger charge is 2.80. The van der Waals surface area contributed by atoms with Crippen molar-refractivity contribution in [3.8, 4) is 5.75 Å². The lowest BCUT2D eigenvalue weighted by Gasteiger charge is -2.37. The number of hydrogen-bond acceptors (Lipinski definition) is 6. The zero-order valence-corrected chi connectivity index (χ0v) is 25.0. The maximum absolute atomic E-state index is 14.5. The van der Waals surface area contributed by atoms with Crippen molar-refractivity contribution in [2.75, 3.05) is 25.1 Å². The molecule has 5 rings (SSSR count). The molecule has 3 aliphatic rings. The highest BCUT2D eigenvalue weighted by Crippen LogP contribution is 2.66. The summed E-state index contributed by atoms with van der Waals surface area (Å²) >= 11 is 0. The summed E-state index contributed by atoms with van der Waals surface area (Å²) in [4.78, 5) is 44.1. The molecule has 42 heavy (non-hydrogen) atoms. The molecule has 3 fully saturated rings. The van der Waals surface area contributed by atoms with Crippen LogP contribution in [0.25, 0.3) is 0 Å². The fourth-order valence-electron chi connectivity index (χ4n) is 7.45. The summed E-state index contributed by atoms with van der Waals surface area (Å²) < 4.78 is 12.3. The van der Waals surface area contributed by atoms with E-state index < -0.39 is 35.1 Å². The first-order chi connectivity index (χ1) is 20.2. The third-order valence-electron chi connectivity index (χ3n) is 9.49. The number of rotatable bonds is 12. The van der Waals surface area contributed by atoms with Gasteiger partial charge in [0.1, 0.15) is 17.4 Å². The number of aliphatic hydroxyl groups excluding tert-OH is 1. The van der Waals surface area contributed by atoms with Gasteiger partial charge >= 0.3 is 0 Å². The second-order valence-corrected chi connectivity index (χ2v) is 12.0. The van der Waals surface area contributed by atoms with Gasteiger partial charge in [0.15, 0.2) is 0 Å². The molecule has 3 aliphatic heterocycles. The van der Waals surface area contributed by atoms with Crippen LogP contribution in [0.15, 0.2) is 54.6 Å². The molecule has 7 atom stereocenters. The first-order valence-corrected chi connectivity index (χ1v) is 15.2. The summed E-state index contributed by atoms with van der Waals surface area (Å²) in [6.07, 6.45) is 3.28. The molecule has 3 N–H and O–H groups in total. The number of nitrogens with zero attached hydrogens (tertiary/aromatic N) is 1. The molecule has 3 amide bonds. The third kappa shape index (κ3) is 4.96. The van der Waals surface area contributed by atoms with Crippen molar-refractivity contribution >= 4 is 23.4 Å². The minimum absolute atomic E-state index is 0.0859. The minimum Gasteiger partial charge on any atom is -0.494 e. The van der Waals surface area contributed by atoms with E-state index in [1.54, 1.807) is 24.3 Å². The number of amides is 3. The molecule has 9 heteroatoms. The summed E-state index contributed by atoms with van der Waals surface area (Å²) in [6.45, 7) is 8.56. The second-order valence-electron chi connectivity index (χ2n) is 12.0. The molecular weight excluding hydrogens is 534 g/mol. The molecule has 9 nitrogen and oxygen atoms in total. The Bertz CT molecular complexity index is 1290. The van der Waals surface area contributed by atoms with Crippen molar-refractivity contribution in [3.63, 3.8) is 0 Å². The van der Waals surface area contributed by atoms with Crippen LogP contribution in [-0.2, 0) is 19.1 Å². The quantitative estimate of drug-likeness (QED) is 0.328. The summed E-state index contributed by atoms with van der Waals surface area (Å²) in [7, 11) is 0. The Labute approximate surface area is 248 Å². The number of hydrogen-bond donors (Lipinski definition) is 3. The highest BCUT2D eigenvalue weighted by atomic mass is 16.5. The number of unbranched alkanes of at least 4 members (excludes halogenated alkanes) is 2. The number of carbonyl (C=O) groups is 3. The van der Waals surface area contributed by atoms with E-state index in [0.717, 1.165) is 24.8 Å². The third-order valence-corrected chi connectivity index (χ3v) is 9.49. The van der Waals surface area contributed by atoms with Gasteiger partial charge in [0.2, 0.25) is 17.7 Å². The van der Waals surface area contributed by atoms with Gasteiger partial charge in [-0.2, -0.15) is 0 Å². The molecule has 2 aromatic carbocycles. The Balaban J connectivity index is 1.52. The van der Waals surface area contributed by atoms with Crippen LogP contribution in [0.1, 0.15) is 65.0 Å². The van der Waals surface area contributed by atoms with Crippen LogP contribution in [0.3, 0.4) is 0 Å². The van der Waals surface area contributed by atoms with Crippen molar-refractivity contribution in [3.05, 3.63) is 60.2 Å². The second kappa shape index (κ2) is 12.1. The van der Waals surface area contributed by atoms with E-state index >= 15 is 0 Å². The maximum Gasteiger partial charge on any atom is 0.245 e. The van der Waals surface area contributed by atoms with E-state index in [4.69, 9.17) is 9.47 Å². The van der Waals surface area contributed by atoms with Gasteiger partial charge in [-0.15, -0.1) is 0 Å². The maximum atomic E-state index is 14.5. The number of aliphatic hydroxyl groups is 1. The van der Waals surface area contributed by atoms with Gasteiger partial charge in [-0.25, -0.2) is 0 Å². The molecule has 1 spiro atoms. The molecular formula is C33H43N3O6. The average molecular weight is 578 g/mol. The monoisotopic (exact) mass is 577 g/mol. The standard InChI is InChI=1S/C33H43N3O6/c1-5-7-11-18-34-30(39)28-33-19-21(3)32(4,42-33)26(29(38)35-23-14-16-24(17-15-23)41-6-2)27(33)31(40)36(28)25(20-37)22-12-9-8-10-13-22/h8-10,12-17,21,25-28,37H,5-7,11,18-20H2,1-4H3,(H,34,39)(H,35,38)/t21?,25-,26+,27+,28?,32-,33?/m1/s1. The van der Waals surface area contributed by atoms with Crippen molar-refractivity contribution in [1.82, 2.24) is 10.2 Å². The number of carbonyl (C=O) groups excluding carboxylic acids is 3. The van der Waals surface area contributed by atoms with Gasteiger partial charge < -0.3 is 30.1 Å². The van der Waals surface area contributed by atoms with E-state index in [-0.39, 0.29) is 30.2 Å². The van der Waals surface area contributed by atoms with Crippen molar-refractivity contribution in [1.29, 1.82) is 0 Å². The largest absolute Gasteiger partial charge is 0.494 e. The first kappa shape index (κ1) is 30.0. The Hall–Kier alpha value is -3.43. The van der Waals surface area contributed by atoms with E-state index in [9.17, 15) is 19.5 Å². The fourth-order valence-corrected chi connectivity index (χ4v) is 7.45. The van der Waals surface area contributed by atoms with Crippen molar-refractivity contribution in [2.24, 2.45) is 17.8 Å². The van der Waals surface area contributed by atoms with Crippen molar-refractivity contribution < 1.29 is 29.0 Å². The lowest BCUT2D eigenvalue weighted by molar-refractivity contribution is -0.150. The summed E-state index contributed by atoms with van der Waals surface area (Å²) in [6, 6.07) is 14.6. The van der Waals surface area contributed by atoms with Crippen LogP contribution < -0.4 is 15.4 Å². The lowest BCUT2D eigenvalue weighted by atomic mass is 9.62. The van der Waals surface area contributed by atoms with Crippen LogP contribution in [0.5, 0.6) is 5.75 Å². The molecule has 226 valence electrons. The molecule has 2 aromatic rings. The van der Waals surface area contributed by atoms with Crippen LogP contribution in [0, 0.1) is 17.8 Å². The SMILES string of the molecule is CCCCCNC(=O)C1N([C@H](CO)c2ccccc2)C(=O)[C@@H]2[C@@H](C(=O)Nc3ccc(OCC)cc3)[C@]3(C)OC12CC3C. The van der Waals surface area contributed by atoms with Crippen LogP contribution in [-0.4, -0.2) is 64.7 Å². The summed E-state index contributed by atoms with van der Waals surface area (Å²) in [5, 5.41) is 16.7. The number of fused-ring (bicyclic) bond motifs is 1. The van der Waals surface area contributed by atoms with Crippen LogP contribution in [0.4, 0.5) is 5.69 Å². The molecule has 3 saturated heterocycles. The number of nitrogens with one attached hydrogen (secondary N) is 2. The summed E-state index contributed by atoms with van der Waals surface area (Å²) in [5.41, 5.74) is -0.827. The van der Waals surface area contributed by atoms with Gasteiger partial charge in [-0.1, -0.05) is 57.0 Å². The van der Waals surface area contributed by atoms with Crippen molar-refractivity contribution in [2.45, 2.75) is 76.7 Å². The minimum atomic E-state index is -1.19. The van der Waals surface area contributed by atoms with Crippen LogP contribution in [0.2, 0.25) is 0 Å². The predicted molar refractivity (Wildman–Crippen MR) is 159 cm³/mol. The van der Waals surface area contributed by atoms with Gasteiger partial charge in [0.25, 0.3) is 0 Å². The number of ether oxygens (including phenoxy) is 2. The zero-order valence-electron chi connectivity index (χ0n) is 25.0. The lowest BCUT2D eigenvalue weighted by Crippen LogP contribution is -2.56. The average Bonchev–Trinajstić information content (AvgIpc) is 3.50.